The van der Waals surface area contributed by atoms with E-state index in [1.54, 1.807) is 4.68 Å². The highest BCUT2D eigenvalue weighted by atomic mass is 79.9. The highest BCUT2D eigenvalue weighted by molar-refractivity contribution is 9.10. The van der Waals surface area contributed by atoms with Gasteiger partial charge in [-0.2, -0.15) is 5.10 Å². The number of amides is 1. The van der Waals surface area contributed by atoms with Crippen molar-refractivity contribution in [2.45, 2.75) is 19.9 Å². The summed E-state index contributed by atoms with van der Waals surface area (Å²) in [4.78, 5) is 16.8. The van der Waals surface area contributed by atoms with Crippen LogP contribution in [0.3, 0.4) is 0 Å². The molecular weight excluding hydrogens is 324 g/mol. The monoisotopic (exact) mass is 342 g/mol. The highest BCUT2D eigenvalue weighted by Crippen LogP contribution is 2.32. The lowest BCUT2D eigenvalue weighted by Gasteiger charge is -2.33. The zero-order valence-electron chi connectivity index (χ0n) is 11.6. The van der Waals surface area contributed by atoms with Gasteiger partial charge in [0.2, 0.25) is 5.88 Å². The fourth-order valence-corrected chi connectivity index (χ4v) is 3.22. The number of rotatable bonds is 2. The third-order valence-electron chi connectivity index (χ3n) is 3.91. The Morgan fingerprint density at radius 1 is 1.30 bits per heavy atom. The summed E-state index contributed by atoms with van der Waals surface area (Å²) < 4.78 is 8.06. The third-order valence-corrected chi connectivity index (χ3v) is 4.63. The molecule has 0 unspecified atom stereocenters. The van der Waals surface area contributed by atoms with Crippen molar-refractivity contribution in [2.75, 3.05) is 39.3 Å². The Kier molecular flexibility index (Phi) is 3.98. The number of piperazine rings is 1. The summed E-state index contributed by atoms with van der Waals surface area (Å²) >= 11 is 3.46. The molecule has 6 nitrogen and oxygen atoms in total. The number of likely N-dealkylation sites (N-methyl/N-ethyl adjacent to an activating group) is 1. The molecule has 0 saturated carbocycles. The minimum Gasteiger partial charge on any atom is -0.477 e. The van der Waals surface area contributed by atoms with Crippen LogP contribution in [0.2, 0.25) is 0 Å². The van der Waals surface area contributed by atoms with Crippen LogP contribution in [0.5, 0.6) is 5.88 Å². The normalized spacial score (nSPS) is 19.6. The van der Waals surface area contributed by atoms with Gasteiger partial charge in [0.05, 0.1) is 6.61 Å². The minimum atomic E-state index is -0.00173. The van der Waals surface area contributed by atoms with Crippen molar-refractivity contribution in [1.29, 1.82) is 0 Å². The summed E-state index contributed by atoms with van der Waals surface area (Å²) in [6, 6.07) is 0. The molecule has 2 aliphatic rings. The van der Waals surface area contributed by atoms with E-state index < -0.39 is 0 Å². The van der Waals surface area contributed by atoms with E-state index in [9.17, 15) is 4.79 Å². The Bertz CT molecular complexity index is 509. The first-order chi connectivity index (χ1) is 9.70. The summed E-state index contributed by atoms with van der Waals surface area (Å²) in [5.41, 5.74) is 0.479. The molecule has 0 spiro atoms. The predicted octanol–water partition coefficient (Wildman–Crippen LogP) is 1.21. The van der Waals surface area contributed by atoms with Gasteiger partial charge in [-0.3, -0.25) is 4.79 Å². The van der Waals surface area contributed by atoms with Gasteiger partial charge in [-0.1, -0.05) is 6.92 Å². The standard InChI is InChI=1S/C13H19BrN4O2/c1-2-16-5-7-17(8-6-16)12(19)11-10(14)13-18(15-11)4-3-9-20-13/h2-9H2,1H3. The largest absolute Gasteiger partial charge is 0.477 e. The highest BCUT2D eigenvalue weighted by Gasteiger charge is 2.29. The van der Waals surface area contributed by atoms with Gasteiger partial charge in [-0.15, -0.1) is 0 Å². The molecule has 110 valence electrons. The van der Waals surface area contributed by atoms with E-state index in [-0.39, 0.29) is 5.91 Å². The Labute approximate surface area is 126 Å². The fourth-order valence-electron chi connectivity index (χ4n) is 2.65. The SMILES string of the molecule is CCN1CCN(C(=O)c2nn3c(c2Br)OCCC3)CC1. The van der Waals surface area contributed by atoms with Crippen LogP contribution in [-0.2, 0) is 6.54 Å². The Morgan fingerprint density at radius 3 is 2.70 bits per heavy atom. The van der Waals surface area contributed by atoms with Crippen LogP contribution in [0.4, 0.5) is 0 Å². The number of halogens is 1. The molecule has 1 aromatic rings. The summed E-state index contributed by atoms with van der Waals surface area (Å²) in [5, 5.41) is 4.40. The second-order valence-corrected chi connectivity index (χ2v) is 5.91. The molecule has 20 heavy (non-hydrogen) atoms. The van der Waals surface area contributed by atoms with Crippen molar-refractivity contribution in [3.63, 3.8) is 0 Å². The maximum atomic E-state index is 12.6. The van der Waals surface area contributed by atoms with Crippen molar-refractivity contribution < 1.29 is 9.53 Å². The second-order valence-electron chi connectivity index (χ2n) is 5.12. The molecule has 7 heteroatoms. The lowest BCUT2D eigenvalue weighted by molar-refractivity contribution is 0.0635. The first kappa shape index (κ1) is 13.9. The summed E-state index contributed by atoms with van der Waals surface area (Å²) in [5.74, 6) is 0.685. The molecule has 0 radical (unpaired) electrons. The number of aromatic nitrogens is 2. The number of nitrogens with zero attached hydrogens (tertiary/aromatic N) is 4. The van der Waals surface area contributed by atoms with Crippen molar-refractivity contribution in [1.82, 2.24) is 19.6 Å². The van der Waals surface area contributed by atoms with Crippen LogP contribution in [0.1, 0.15) is 23.8 Å². The van der Waals surface area contributed by atoms with Crippen LogP contribution in [0.15, 0.2) is 4.47 Å². The van der Waals surface area contributed by atoms with E-state index in [0.717, 1.165) is 45.7 Å². The number of ether oxygens (including phenoxy) is 1. The summed E-state index contributed by atoms with van der Waals surface area (Å²) in [7, 11) is 0. The molecule has 0 atom stereocenters. The minimum absolute atomic E-state index is 0.00173. The number of hydrogen-bond acceptors (Lipinski definition) is 4. The van der Waals surface area contributed by atoms with Gasteiger partial charge < -0.3 is 14.5 Å². The molecule has 0 aliphatic carbocycles. The lowest BCUT2D eigenvalue weighted by Crippen LogP contribution is -2.48. The first-order valence-electron chi connectivity index (χ1n) is 7.11. The number of fused-ring (bicyclic) bond motifs is 1. The molecule has 1 saturated heterocycles. The molecule has 1 fully saturated rings. The average Bonchev–Trinajstić information content (AvgIpc) is 2.84. The van der Waals surface area contributed by atoms with E-state index in [0.29, 0.717) is 22.7 Å². The molecule has 3 heterocycles. The maximum absolute atomic E-state index is 12.6. The first-order valence-corrected chi connectivity index (χ1v) is 7.90. The fraction of sp³-hybridized carbons (Fsp3) is 0.692. The van der Waals surface area contributed by atoms with E-state index >= 15 is 0 Å². The van der Waals surface area contributed by atoms with Gasteiger partial charge >= 0.3 is 0 Å². The molecule has 1 amide bonds. The van der Waals surface area contributed by atoms with E-state index in [1.807, 2.05) is 4.90 Å². The maximum Gasteiger partial charge on any atom is 0.275 e. The van der Waals surface area contributed by atoms with Gasteiger partial charge in [-0.05, 0) is 22.5 Å². The van der Waals surface area contributed by atoms with E-state index in [4.69, 9.17) is 4.74 Å². The molecular formula is C13H19BrN4O2. The van der Waals surface area contributed by atoms with Gasteiger partial charge in [0.25, 0.3) is 5.91 Å². The van der Waals surface area contributed by atoms with Crippen LogP contribution in [0, 0.1) is 0 Å². The van der Waals surface area contributed by atoms with Crippen LogP contribution < -0.4 is 4.74 Å². The summed E-state index contributed by atoms with van der Waals surface area (Å²) in [6.07, 6.45) is 0.934. The van der Waals surface area contributed by atoms with Crippen LogP contribution in [0.25, 0.3) is 0 Å². The van der Waals surface area contributed by atoms with Gasteiger partial charge in [0, 0.05) is 39.1 Å². The number of aryl methyl sites for hydroxylation is 1. The van der Waals surface area contributed by atoms with Gasteiger partial charge in [-0.25, -0.2) is 4.68 Å². The number of hydrogen-bond donors (Lipinski definition) is 0. The van der Waals surface area contributed by atoms with Crippen molar-refractivity contribution in [3.8, 4) is 5.88 Å². The topological polar surface area (TPSA) is 50.6 Å². The third kappa shape index (κ3) is 2.44. The quantitative estimate of drug-likeness (QED) is 0.810. The second kappa shape index (κ2) is 5.73. The Balaban J connectivity index is 1.76. The molecule has 0 N–H and O–H groups in total. The molecule has 3 rings (SSSR count). The zero-order valence-corrected chi connectivity index (χ0v) is 13.2. The average molecular weight is 343 g/mol. The van der Waals surface area contributed by atoms with Crippen LogP contribution >= 0.6 is 15.9 Å². The van der Waals surface area contributed by atoms with Gasteiger partial charge in [0.15, 0.2) is 5.69 Å². The zero-order chi connectivity index (χ0) is 14.1. The van der Waals surface area contributed by atoms with E-state index in [2.05, 4.69) is 32.9 Å². The number of carbonyl (C=O) groups is 1. The summed E-state index contributed by atoms with van der Waals surface area (Å²) in [6.45, 7) is 8.09. The lowest BCUT2D eigenvalue weighted by atomic mass is 10.3. The molecule has 0 aromatic carbocycles. The van der Waals surface area contributed by atoms with Crippen molar-refractivity contribution in [2.24, 2.45) is 0 Å². The predicted molar refractivity (Wildman–Crippen MR) is 78.1 cm³/mol. The van der Waals surface area contributed by atoms with Gasteiger partial charge in [0.1, 0.15) is 4.47 Å². The van der Waals surface area contributed by atoms with Crippen molar-refractivity contribution >= 4 is 21.8 Å². The van der Waals surface area contributed by atoms with E-state index in [1.165, 1.54) is 0 Å². The Morgan fingerprint density at radius 2 is 2.05 bits per heavy atom. The van der Waals surface area contributed by atoms with Crippen LogP contribution in [-0.4, -0.2) is 64.8 Å². The van der Waals surface area contributed by atoms with Crippen molar-refractivity contribution in [3.05, 3.63) is 10.2 Å². The Hall–Kier alpha value is -1.08. The molecule has 0 bridgehead atoms. The molecule has 2 aliphatic heterocycles. The number of carbonyl (C=O) groups excluding carboxylic acids is 1. The molecule has 1 aromatic heterocycles. The smallest absolute Gasteiger partial charge is 0.275 e.